The maximum absolute atomic E-state index is 13.6. The molecule has 0 saturated heterocycles. The summed E-state index contributed by atoms with van der Waals surface area (Å²) in [5.41, 5.74) is 5.45. The van der Waals surface area contributed by atoms with Crippen molar-refractivity contribution in [2.24, 2.45) is 22.7 Å². The Hall–Kier alpha value is -3.38. The van der Waals surface area contributed by atoms with E-state index in [1.54, 1.807) is 13.0 Å². The van der Waals surface area contributed by atoms with Crippen molar-refractivity contribution in [3.05, 3.63) is 81.5 Å². The van der Waals surface area contributed by atoms with Gasteiger partial charge in [-0.05, 0) is 105 Å². The fourth-order valence-corrected chi connectivity index (χ4v) is 10.3. The lowest BCUT2D eigenvalue weighted by Gasteiger charge is -2.51. The summed E-state index contributed by atoms with van der Waals surface area (Å²) in [6.07, 6.45) is 12.8. The molecule has 4 heterocycles. The van der Waals surface area contributed by atoms with Crippen LogP contribution in [0.15, 0.2) is 64.8 Å². The minimum Gasteiger partial charge on any atom is -0.487 e. The summed E-state index contributed by atoms with van der Waals surface area (Å²) in [7, 11) is -0.0152. The molecule has 0 spiro atoms. The molecule has 0 radical (unpaired) electrons. The Kier molecular flexibility index (Phi) is 11.3. The van der Waals surface area contributed by atoms with Crippen LogP contribution in [0.25, 0.3) is 0 Å². The third-order valence-electron chi connectivity index (χ3n) is 12.5. The molecule has 10 nitrogen and oxygen atoms in total. The lowest BCUT2D eigenvalue weighted by atomic mass is 9.63. The number of hydrogen-bond donors (Lipinski definition) is 1. The lowest BCUT2D eigenvalue weighted by molar-refractivity contribution is -0.0909. The second kappa shape index (κ2) is 15.8. The van der Waals surface area contributed by atoms with Gasteiger partial charge in [-0.15, -0.1) is 0 Å². The van der Waals surface area contributed by atoms with Gasteiger partial charge in [0.05, 0.1) is 10.9 Å². The minimum absolute atomic E-state index is 0.234. The summed E-state index contributed by atoms with van der Waals surface area (Å²) >= 11 is 6.41. The number of benzene rings is 2. The van der Waals surface area contributed by atoms with Gasteiger partial charge in [0, 0.05) is 81.4 Å². The van der Waals surface area contributed by atoms with Crippen molar-refractivity contribution >= 4 is 39.4 Å². The van der Waals surface area contributed by atoms with E-state index in [0.29, 0.717) is 41.9 Å². The highest BCUT2D eigenvalue weighted by Gasteiger charge is 2.48. The molecule has 2 bridgehead atoms. The van der Waals surface area contributed by atoms with Gasteiger partial charge < -0.3 is 19.3 Å². The number of fused-ring (bicyclic) bond motifs is 3. The number of allylic oxidation sites excluding steroid dienone is 1. The van der Waals surface area contributed by atoms with Gasteiger partial charge in [-0.1, -0.05) is 36.7 Å². The van der Waals surface area contributed by atoms with Crippen molar-refractivity contribution in [2.45, 2.75) is 76.3 Å². The summed E-state index contributed by atoms with van der Waals surface area (Å²) in [6.45, 7) is 8.70. The van der Waals surface area contributed by atoms with Crippen LogP contribution in [0.3, 0.4) is 0 Å². The second-order valence-electron chi connectivity index (χ2n) is 15.8. The van der Waals surface area contributed by atoms with Gasteiger partial charge >= 0.3 is 0 Å². The Labute approximate surface area is 320 Å². The molecule has 5 aliphatic rings. The number of aliphatic imine (C=N–C) groups is 1. The molecule has 0 aromatic heterocycles. The molecule has 1 amide bonds. The number of methoxy groups -OCH3 is 1. The van der Waals surface area contributed by atoms with E-state index in [1.807, 2.05) is 50.6 Å². The van der Waals surface area contributed by atoms with Crippen LogP contribution in [0.2, 0.25) is 5.02 Å². The average molecular weight is 764 g/mol. The molecule has 2 aromatic rings. The number of amides is 1. The predicted octanol–water partition coefficient (Wildman–Crippen LogP) is 6.45. The van der Waals surface area contributed by atoms with Crippen molar-refractivity contribution in [1.29, 1.82) is 0 Å². The van der Waals surface area contributed by atoms with E-state index in [9.17, 15) is 13.2 Å². The molecule has 4 aliphatic heterocycles. The van der Waals surface area contributed by atoms with E-state index >= 15 is 0 Å². The second-order valence-corrected chi connectivity index (χ2v) is 18.2. The van der Waals surface area contributed by atoms with Gasteiger partial charge in [0.15, 0.2) is 0 Å². The zero-order valence-electron chi connectivity index (χ0n) is 31.5. The summed E-state index contributed by atoms with van der Waals surface area (Å²) < 4.78 is 42.8. The largest absolute Gasteiger partial charge is 0.487 e. The van der Waals surface area contributed by atoms with Crippen molar-refractivity contribution in [2.75, 3.05) is 58.4 Å². The monoisotopic (exact) mass is 763 g/mol. The standard InChI is InChI=1S/C41H54ClN5O5S/c1-28-8-7-17-41(51-4,26-46-19-16-37-34(23-46)22-43-27-45(37)3)36-14-11-32(36)24-47-18-6-5-9-30-20-35(42)13-10-33(30)25-52-39-15-12-31(21-38(39)47)40(48)44-53(49,50)29(28)2/h7,10,12-13,15,17,20-22,28-29,32,36H,5-6,8-9,11,14,16,18-19,23-27H2,1-4H3,(H,44,48)/b17-7+/t28-,29+,32-,36+,41+/m0/s1. The highest BCUT2D eigenvalue weighted by atomic mass is 35.5. The predicted molar refractivity (Wildman–Crippen MR) is 211 cm³/mol. The van der Waals surface area contributed by atoms with Crippen LogP contribution in [0.4, 0.5) is 5.69 Å². The lowest BCUT2D eigenvalue weighted by Crippen LogP contribution is -2.57. The van der Waals surface area contributed by atoms with Crippen LogP contribution >= 0.6 is 11.6 Å². The molecule has 1 fully saturated rings. The van der Waals surface area contributed by atoms with Gasteiger partial charge in [-0.3, -0.25) is 14.7 Å². The molecule has 286 valence electrons. The molecule has 7 rings (SSSR count). The summed E-state index contributed by atoms with van der Waals surface area (Å²) in [5.74, 6) is 0.379. The average Bonchev–Trinajstić information content (AvgIpc) is 3.15. The maximum atomic E-state index is 13.6. The third kappa shape index (κ3) is 8.04. The van der Waals surface area contributed by atoms with Gasteiger partial charge in [-0.2, -0.15) is 0 Å². The van der Waals surface area contributed by atoms with Crippen LogP contribution in [-0.2, 0) is 27.8 Å². The van der Waals surface area contributed by atoms with Gasteiger partial charge in [0.1, 0.15) is 24.6 Å². The minimum atomic E-state index is -3.97. The highest BCUT2D eigenvalue weighted by molar-refractivity contribution is 7.90. The van der Waals surface area contributed by atoms with E-state index < -0.39 is 26.8 Å². The normalized spacial score (nSPS) is 30.1. The number of sulfonamides is 1. The molecular formula is C41H54ClN5O5S. The Bertz CT molecular complexity index is 1900. The first-order valence-electron chi connectivity index (χ1n) is 19.2. The zero-order chi connectivity index (χ0) is 37.3. The van der Waals surface area contributed by atoms with Gasteiger partial charge in [0.25, 0.3) is 5.91 Å². The van der Waals surface area contributed by atoms with Crippen LogP contribution < -0.4 is 14.4 Å². The Morgan fingerprint density at radius 3 is 2.72 bits per heavy atom. The molecule has 12 heteroatoms. The summed E-state index contributed by atoms with van der Waals surface area (Å²) in [4.78, 5) is 25.3. The number of rotatable bonds is 3. The SMILES string of the molecule is CO[C@@]1(CN2CCC3=C(C=NCN3C)C2)/C=C/C[C@H](C)[C@@H](C)S(=O)(=O)NC(=O)c2ccc3c(c2)N(CCCCc2cc(Cl)ccc2CO3)C[C@@H]2CC[C@H]21. The van der Waals surface area contributed by atoms with Crippen molar-refractivity contribution in [3.8, 4) is 5.75 Å². The molecule has 0 unspecified atom stereocenters. The Morgan fingerprint density at radius 2 is 1.92 bits per heavy atom. The molecule has 1 N–H and O–H groups in total. The van der Waals surface area contributed by atoms with Gasteiger partial charge in [0.2, 0.25) is 10.0 Å². The number of carbonyl (C=O) groups is 1. The third-order valence-corrected chi connectivity index (χ3v) is 14.6. The van der Waals surface area contributed by atoms with Crippen LogP contribution in [0, 0.1) is 17.8 Å². The summed E-state index contributed by atoms with van der Waals surface area (Å²) in [6, 6.07) is 11.3. The Balaban J connectivity index is 1.26. The first-order valence-corrected chi connectivity index (χ1v) is 21.1. The van der Waals surface area contributed by atoms with Crippen LogP contribution in [0.5, 0.6) is 5.75 Å². The maximum Gasteiger partial charge on any atom is 0.264 e. The fourth-order valence-electron chi connectivity index (χ4n) is 8.86. The first kappa shape index (κ1) is 37.9. The molecule has 1 saturated carbocycles. The van der Waals surface area contributed by atoms with Gasteiger partial charge in [-0.25, -0.2) is 13.1 Å². The zero-order valence-corrected chi connectivity index (χ0v) is 33.1. The number of nitrogens with one attached hydrogen (secondary N) is 1. The van der Waals surface area contributed by atoms with Crippen molar-refractivity contribution in [3.63, 3.8) is 0 Å². The smallest absolute Gasteiger partial charge is 0.264 e. The molecule has 53 heavy (non-hydrogen) atoms. The molecule has 2 aromatic carbocycles. The van der Waals surface area contributed by atoms with E-state index in [2.05, 4.69) is 43.6 Å². The number of nitrogens with zero attached hydrogens (tertiary/aromatic N) is 4. The number of anilines is 1. The van der Waals surface area contributed by atoms with Crippen LogP contribution in [-0.4, -0.2) is 94.7 Å². The van der Waals surface area contributed by atoms with Crippen LogP contribution in [0.1, 0.15) is 73.9 Å². The van der Waals surface area contributed by atoms with E-state index in [-0.39, 0.29) is 11.8 Å². The number of halogens is 1. The van der Waals surface area contributed by atoms with E-state index in [1.165, 1.54) is 16.8 Å². The number of carbonyl (C=O) groups excluding carboxylic acids is 1. The topological polar surface area (TPSA) is 104 Å². The quantitative estimate of drug-likeness (QED) is 0.356. The molecular weight excluding hydrogens is 710 g/mol. The van der Waals surface area contributed by atoms with E-state index in [4.69, 9.17) is 21.1 Å². The highest BCUT2D eigenvalue weighted by Crippen LogP contribution is 2.47. The molecule has 5 atom stereocenters. The fraction of sp³-hybridized carbons (Fsp3) is 0.561. The van der Waals surface area contributed by atoms with Crippen molar-refractivity contribution in [1.82, 2.24) is 14.5 Å². The Morgan fingerprint density at radius 1 is 1.08 bits per heavy atom. The first-order chi connectivity index (χ1) is 25.5. The van der Waals surface area contributed by atoms with E-state index in [0.717, 1.165) is 82.5 Å². The number of aryl methyl sites for hydroxylation is 1. The van der Waals surface area contributed by atoms with Crippen molar-refractivity contribution < 1.29 is 22.7 Å². The number of ether oxygens (including phenoxy) is 2. The number of hydrogen-bond acceptors (Lipinski definition) is 9. The molecule has 1 aliphatic carbocycles. The summed E-state index contributed by atoms with van der Waals surface area (Å²) in [5, 5.41) is -0.0762.